The number of aromatic amines is 1. The Bertz CT molecular complexity index is 1300. The van der Waals surface area contributed by atoms with Crippen molar-refractivity contribution in [3.8, 4) is 17.6 Å². The topological polar surface area (TPSA) is 153 Å². The second-order valence-corrected chi connectivity index (χ2v) is 7.96. The predicted molar refractivity (Wildman–Crippen MR) is 132 cm³/mol. The summed E-state index contributed by atoms with van der Waals surface area (Å²) in [5.74, 6) is 1.26. The smallest absolute Gasteiger partial charge is 0.328 e. The summed E-state index contributed by atoms with van der Waals surface area (Å²) < 4.78 is 12.9. The largest absolute Gasteiger partial charge is 0.463 e. The van der Waals surface area contributed by atoms with Gasteiger partial charge in [0, 0.05) is 25.4 Å². The summed E-state index contributed by atoms with van der Waals surface area (Å²) in [5, 5.41) is 12.0. The van der Waals surface area contributed by atoms with Crippen LogP contribution in [0.2, 0.25) is 0 Å². The molecule has 0 bridgehead atoms. The second kappa shape index (κ2) is 11.4. The van der Waals surface area contributed by atoms with Crippen LogP contribution in [0.25, 0.3) is 11.2 Å². The van der Waals surface area contributed by atoms with Crippen molar-refractivity contribution >= 4 is 17.0 Å². The zero-order valence-electron chi connectivity index (χ0n) is 19.5. The molecular weight excluding hydrogens is 450 g/mol. The highest BCUT2D eigenvalue weighted by molar-refractivity contribution is 5.81. The highest BCUT2D eigenvalue weighted by Crippen LogP contribution is 2.21. The summed E-state index contributed by atoms with van der Waals surface area (Å²) in [6, 6.07) is 11.4. The van der Waals surface area contributed by atoms with Gasteiger partial charge in [-0.25, -0.2) is 9.78 Å². The first-order valence-corrected chi connectivity index (χ1v) is 11.5. The van der Waals surface area contributed by atoms with E-state index in [1.165, 1.54) is 4.57 Å². The van der Waals surface area contributed by atoms with Gasteiger partial charge in [0.15, 0.2) is 11.5 Å². The number of unbranched alkanes of at least 4 members (excludes halogenated alkanes) is 1. The average Bonchev–Trinajstić information content (AvgIpc) is 3.17. The number of anilines is 1. The Kier molecular flexibility index (Phi) is 7.91. The highest BCUT2D eigenvalue weighted by atomic mass is 16.5. The molecule has 184 valence electrons. The molecule has 35 heavy (non-hydrogen) atoms. The second-order valence-electron chi connectivity index (χ2n) is 7.96. The van der Waals surface area contributed by atoms with Crippen LogP contribution >= 0.6 is 0 Å². The molecule has 4 aromatic rings. The van der Waals surface area contributed by atoms with Crippen LogP contribution in [0.15, 0.2) is 47.4 Å². The summed E-state index contributed by atoms with van der Waals surface area (Å²) >= 11 is 0. The van der Waals surface area contributed by atoms with E-state index in [0.717, 1.165) is 24.0 Å². The molecule has 11 nitrogen and oxygen atoms in total. The number of nitrogens with two attached hydrogens (primary N) is 1. The van der Waals surface area contributed by atoms with Crippen molar-refractivity contribution in [3.63, 3.8) is 0 Å². The molecule has 3 aromatic heterocycles. The maximum atomic E-state index is 12.6. The van der Waals surface area contributed by atoms with Crippen molar-refractivity contribution < 1.29 is 14.6 Å². The van der Waals surface area contributed by atoms with Crippen LogP contribution in [0.5, 0.6) is 17.6 Å². The van der Waals surface area contributed by atoms with Crippen molar-refractivity contribution in [2.24, 2.45) is 0 Å². The zero-order valence-corrected chi connectivity index (χ0v) is 19.5. The standard InChI is InChI=1S/C24H29N7O4/c1-2-3-12-34-23-29-21(25)20-22(30-23)31(24(33)28-20)15-17-6-9-19(27-14-17)35-18-7-4-16(5-8-18)13-26-10-11-32/h4-9,14,26,32H,2-3,10-13,15H2,1H3,(H,28,33)(H2,25,29,30). The number of ether oxygens (including phenoxy) is 2. The molecule has 0 aliphatic rings. The number of hydrogen-bond acceptors (Lipinski definition) is 9. The Balaban J connectivity index is 1.45. The molecule has 0 fully saturated rings. The van der Waals surface area contributed by atoms with Crippen molar-refractivity contribution in [3.05, 3.63) is 64.2 Å². The molecular formula is C24H29N7O4. The number of aromatic nitrogens is 5. The fraction of sp³-hybridized carbons (Fsp3) is 0.333. The van der Waals surface area contributed by atoms with Crippen LogP contribution in [0.1, 0.15) is 30.9 Å². The number of nitrogen functional groups attached to an aromatic ring is 1. The van der Waals surface area contributed by atoms with Gasteiger partial charge in [-0.15, -0.1) is 0 Å². The molecule has 0 unspecified atom stereocenters. The molecule has 0 radical (unpaired) electrons. The van der Waals surface area contributed by atoms with Crippen LogP contribution < -0.4 is 26.2 Å². The number of imidazole rings is 1. The van der Waals surface area contributed by atoms with Gasteiger partial charge in [0.2, 0.25) is 5.88 Å². The van der Waals surface area contributed by atoms with Crippen LogP contribution in [0.3, 0.4) is 0 Å². The number of hydrogen-bond donors (Lipinski definition) is 4. The molecule has 3 heterocycles. The molecule has 0 saturated heterocycles. The molecule has 11 heteroatoms. The summed E-state index contributed by atoms with van der Waals surface area (Å²) in [6.07, 6.45) is 3.50. The van der Waals surface area contributed by atoms with Crippen LogP contribution in [-0.4, -0.2) is 49.4 Å². The van der Waals surface area contributed by atoms with E-state index in [4.69, 9.17) is 20.3 Å². The van der Waals surface area contributed by atoms with Gasteiger partial charge in [0.25, 0.3) is 0 Å². The predicted octanol–water partition coefficient (Wildman–Crippen LogP) is 2.20. The fourth-order valence-electron chi connectivity index (χ4n) is 3.41. The Morgan fingerprint density at radius 2 is 1.94 bits per heavy atom. The summed E-state index contributed by atoms with van der Waals surface area (Å²) in [7, 11) is 0. The van der Waals surface area contributed by atoms with Crippen molar-refractivity contribution in [1.82, 2.24) is 29.8 Å². The van der Waals surface area contributed by atoms with Gasteiger partial charge >= 0.3 is 11.7 Å². The minimum absolute atomic E-state index is 0.105. The van der Waals surface area contributed by atoms with E-state index in [0.29, 0.717) is 42.5 Å². The number of rotatable bonds is 12. The molecule has 4 rings (SSSR count). The minimum atomic E-state index is -0.347. The van der Waals surface area contributed by atoms with Gasteiger partial charge in [0.1, 0.15) is 11.3 Å². The number of fused-ring (bicyclic) bond motifs is 1. The molecule has 1 aromatic carbocycles. The first-order chi connectivity index (χ1) is 17.1. The Labute approximate surface area is 202 Å². The quantitative estimate of drug-likeness (QED) is 0.224. The lowest BCUT2D eigenvalue weighted by molar-refractivity contribution is 0.286. The minimum Gasteiger partial charge on any atom is -0.463 e. The van der Waals surface area contributed by atoms with Crippen LogP contribution in [-0.2, 0) is 13.1 Å². The maximum absolute atomic E-state index is 12.6. The number of aliphatic hydroxyl groups is 1. The Morgan fingerprint density at radius 3 is 2.66 bits per heavy atom. The van der Waals surface area contributed by atoms with Gasteiger partial charge in [-0.1, -0.05) is 31.5 Å². The molecule has 0 saturated carbocycles. The molecule has 0 aliphatic heterocycles. The zero-order chi connectivity index (χ0) is 24.6. The van der Waals surface area contributed by atoms with Gasteiger partial charge in [-0.3, -0.25) is 4.57 Å². The van der Waals surface area contributed by atoms with Gasteiger partial charge < -0.3 is 30.6 Å². The lowest BCUT2D eigenvalue weighted by atomic mass is 10.2. The molecule has 0 spiro atoms. The van der Waals surface area contributed by atoms with Gasteiger partial charge in [-0.05, 0) is 29.7 Å². The average molecular weight is 480 g/mol. The van der Waals surface area contributed by atoms with E-state index < -0.39 is 0 Å². The molecule has 0 aliphatic carbocycles. The number of nitrogens with zero attached hydrogens (tertiary/aromatic N) is 4. The third-order valence-corrected chi connectivity index (χ3v) is 5.26. The first kappa shape index (κ1) is 24.2. The lowest BCUT2D eigenvalue weighted by Gasteiger charge is -2.08. The number of nitrogens with one attached hydrogen (secondary N) is 2. The van der Waals surface area contributed by atoms with E-state index in [9.17, 15) is 4.79 Å². The third kappa shape index (κ3) is 6.14. The number of pyridine rings is 1. The fourth-order valence-corrected chi connectivity index (χ4v) is 3.41. The van der Waals surface area contributed by atoms with Crippen molar-refractivity contribution in [2.45, 2.75) is 32.9 Å². The molecule has 0 atom stereocenters. The Hall–Kier alpha value is -3.96. The van der Waals surface area contributed by atoms with Crippen molar-refractivity contribution in [2.75, 3.05) is 25.5 Å². The monoisotopic (exact) mass is 479 g/mol. The molecule has 0 amide bonds. The van der Waals surface area contributed by atoms with E-state index in [2.05, 4.69) is 32.2 Å². The van der Waals surface area contributed by atoms with Crippen LogP contribution in [0, 0.1) is 0 Å². The number of benzene rings is 1. The van der Waals surface area contributed by atoms with E-state index in [1.54, 1.807) is 12.3 Å². The first-order valence-electron chi connectivity index (χ1n) is 11.5. The van der Waals surface area contributed by atoms with Crippen molar-refractivity contribution in [1.29, 1.82) is 0 Å². The number of H-pyrrole nitrogens is 1. The molecule has 5 N–H and O–H groups in total. The maximum Gasteiger partial charge on any atom is 0.328 e. The summed E-state index contributed by atoms with van der Waals surface area (Å²) in [6.45, 7) is 4.11. The normalized spacial score (nSPS) is 11.1. The van der Waals surface area contributed by atoms with Gasteiger partial charge in [-0.2, -0.15) is 9.97 Å². The van der Waals surface area contributed by atoms with E-state index in [-0.39, 0.29) is 30.7 Å². The SMILES string of the molecule is CCCCOc1nc(N)c2[nH]c(=O)n(Cc3ccc(Oc4ccc(CNCCO)cc4)nc3)c2n1. The highest BCUT2D eigenvalue weighted by Gasteiger charge is 2.15. The van der Waals surface area contributed by atoms with Gasteiger partial charge in [0.05, 0.1) is 19.8 Å². The lowest BCUT2D eigenvalue weighted by Crippen LogP contribution is -2.18. The summed E-state index contributed by atoms with van der Waals surface area (Å²) in [5.41, 5.74) is 8.29. The number of aliphatic hydroxyl groups excluding tert-OH is 1. The summed E-state index contributed by atoms with van der Waals surface area (Å²) in [4.78, 5) is 28.2. The van der Waals surface area contributed by atoms with E-state index in [1.807, 2.05) is 30.3 Å². The third-order valence-electron chi connectivity index (χ3n) is 5.26. The van der Waals surface area contributed by atoms with Crippen LogP contribution in [0.4, 0.5) is 5.82 Å². The Morgan fingerprint density at radius 1 is 1.14 bits per heavy atom. The van der Waals surface area contributed by atoms with E-state index >= 15 is 0 Å².